The third-order valence-electron chi connectivity index (χ3n) is 7.57. The molecule has 3 nitrogen and oxygen atoms in total. The van der Waals surface area contributed by atoms with Crippen LogP contribution in [0.2, 0.25) is 0 Å². The van der Waals surface area contributed by atoms with Gasteiger partial charge in [0.15, 0.2) is 0 Å². The van der Waals surface area contributed by atoms with Crippen LogP contribution in [0.15, 0.2) is 65.2 Å². The normalized spacial score (nSPS) is 29.5. The van der Waals surface area contributed by atoms with Crippen LogP contribution in [-0.2, 0) is 4.74 Å². The van der Waals surface area contributed by atoms with Gasteiger partial charge in [-0.05, 0) is 72.6 Å². The minimum atomic E-state index is -0.203. The molecule has 0 saturated carbocycles. The summed E-state index contributed by atoms with van der Waals surface area (Å²) in [6, 6.07) is 13.5. The number of carbonyl (C=O) groups excluding carboxylic acids is 1. The highest BCUT2D eigenvalue weighted by molar-refractivity contribution is 9.10. The van der Waals surface area contributed by atoms with Crippen molar-refractivity contribution < 1.29 is 9.53 Å². The second-order valence-corrected chi connectivity index (χ2v) is 10.1. The Balaban J connectivity index is 1.56. The average molecular weight is 476 g/mol. The van der Waals surface area contributed by atoms with Gasteiger partial charge in [-0.1, -0.05) is 52.4 Å². The van der Waals surface area contributed by atoms with E-state index in [4.69, 9.17) is 4.74 Å². The van der Waals surface area contributed by atoms with Gasteiger partial charge in [-0.25, -0.2) is 4.79 Å². The van der Waals surface area contributed by atoms with E-state index in [2.05, 4.69) is 81.5 Å². The van der Waals surface area contributed by atoms with Gasteiger partial charge in [0, 0.05) is 28.5 Å². The summed E-state index contributed by atoms with van der Waals surface area (Å²) in [5.41, 5.74) is 6.08. The number of halogens is 1. The number of nitrogens with zero attached hydrogens (tertiary/aromatic N) is 1. The van der Waals surface area contributed by atoms with Gasteiger partial charge >= 0.3 is 5.97 Å². The van der Waals surface area contributed by atoms with Crippen molar-refractivity contribution >= 4 is 27.6 Å². The Labute approximate surface area is 191 Å². The Morgan fingerprint density at radius 3 is 2.55 bits per heavy atom. The first-order valence-corrected chi connectivity index (χ1v) is 12.2. The van der Waals surface area contributed by atoms with Gasteiger partial charge in [-0.2, -0.15) is 0 Å². The van der Waals surface area contributed by atoms with Gasteiger partial charge in [-0.3, -0.25) is 0 Å². The number of carbonyl (C=O) groups is 1. The number of hydrogen-bond acceptors (Lipinski definition) is 3. The SMILES string of the molecule is CCOC(=O)c1cc2c3c(c1)[C@@H]1C=CC[C@@H]1[C@H](c1ccc(Br)cc1)N3C[C@@H]1CC=C[C@@H]21. The van der Waals surface area contributed by atoms with E-state index in [0.29, 0.717) is 41.9 Å². The number of hydrogen-bond donors (Lipinski definition) is 0. The summed E-state index contributed by atoms with van der Waals surface area (Å²) in [5.74, 6) is 1.60. The molecule has 0 spiro atoms. The van der Waals surface area contributed by atoms with Gasteiger partial charge in [0.25, 0.3) is 0 Å². The van der Waals surface area contributed by atoms with Gasteiger partial charge in [-0.15, -0.1) is 0 Å². The fourth-order valence-corrected chi connectivity index (χ4v) is 6.61. The number of allylic oxidation sites excluding steroid dienone is 4. The highest BCUT2D eigenvalue weighted by Crippen LogP contribution is 2.59. The maximum Gasteiger partial charge on any atom is 0.338 e. The monoisotopic (exact) mass is 475 g/mol. The molecular weight excluding hydrogens is 450 g/mol. The molecule has 0 bridgehead atoms. The standard InChI is InChI=1S/C27H26BrNO2/c1-2-31-27(30)18-13-23-20-6-3-5-17(20)15-29-25(16-9-11-19(28)12-10-16)22-8-4-7-21(22)24(14-18)26(23)29/h3-4,6-7,9-14,17,20-22,25H,2,5,8,15H2,1H3/t17-,20+,21+,22-,25-/m0/s1. The van der Waals surface area contributed by atoms with Crippen molar-refractivity contribution in [2.75, 3.05) is 18.1 Å². The fourth-order valence-electron chi connectivity index (χ4n) is 6.35. The number of fused-ring (bicyclic) bond motifs is 4. The topological polar surface area (TPSA) is 29.5 Å². The summed E-state index contributed by atoms with van der Waals surface area (Å²) in [7, 11) is 0. The Kier molecular flexibility index (Phi) is 4.60. The molecule has 5 atom stereocenters. The lowest BCUT2D eigenvalue weighted by Gasteiger charge is -2.51. The largest absolute Gasteiger partial charge is 0.462 e. The smallest absolute Gasteiger partial charge is 0.338 e. The van der Waals surface area contributed by atoms with E-state index in [1.54, 1.807) is 0 Å². The molecule has 2 aliphatic heterocycles. The average Bonchev–Trinajstić information content (AvgIpc) is 3.44. The van der Waals surface area contributed by atoms with Crippen LogP contribution in [0, 0.1) is 11.8 Å². The molecule has 0 saturated heterocycles. The fraction of sp³-hybridized carbons (Fsp3) is 0.370. The Morgan fingerprint density at radius 1 is 1.06 bits per heavy atom. The molecule has 158 valence electrons. The van der Waals surface area contributed by atoms with Gasteiger partial charge in [0.1, 0.15) is 0 Å². The quantitative estimate of drug-likeness (QED) is 0.373. The van der Waals surface area contributed by atoms with E-state index < -0.39 is 0 Å². The van der Waals surface area contributed by atoms with E-state index in [-0.39, 0.29) is 5.97 Å². The molecule has 2 heterocycles. The molecule has 4 heteroatoms. The van der Waals surface area contributed by atoms with Crippen LogP contribution in [-0.4, -0.2) is 19.1 Å². The van der Waals surface area contributed by atoms with E-state index >= 15 is 0 Å². The van der Waals surface area contributed by atoms with Crippen LogP contribution >= 0.6 is 15.9 Å². The van der Waals surface area contributed by atoms with Crippen molar-refractivity contribution in [2.24, 2.45) is 11.8 Å². The molecule has 6 rings (SSSR count). The zero-order valence-corrected chi connectivity index (χ0v) is 19.2. The van der Waals surface area contributed by atoms with Crippen molar-refractivity contribution in [3.05, 3.63) is 87.4 Å². The first kappa shape index (κ1) is 19.4. The van der Waals surface area contributed by atoms with Crippen LogP contribution < -0.4 is 4.90 Å². The molecule has 0 aromatic heterocycles. The summed E-state index contributed by atoms with van der Waals surface area (Å²) in [4.78, 5) is 15.4. The lowest BCUT2D eigenvalue weighted by atomic mass is 9.70. The van der Waals surface area contributed by atoms with E-state index in [9.17, 15) is 4.79 Å². The summed E-state index contributed by atoms with van der Waals surface area (Å²) < 4.78 is 6.51. The van der Waals surface area contributed by atoms with Crippen molar-refractivity contribution in [1.29, 1.82) is 0 Å². The minimum Gasteiger partial charge on any atom is -0.462 e. The summed E-state index contributed by atoms with van der Waals surface area (Å²) in [5, 5.41) is 0. The Morgan fingerprint density at radius 2 is 1.77 bits per heavy atom. The lowest BCUT2D eigenvalue weighted by molar-refractivity contribution is 0.0526. The molecule has 2 aromatic rings. The van der Waals surface area contributed by atoms with E-state index in [1.165, 1.54) is 22.4 Å². The zero-order chi connectivity index (χ0) is 21.1. The zero-order valence-electron chi connectivity index (χ0n) is 17.6. The molecule has 0 radical (unpaired) electrons. The second kappa shape index (κ2) is 7.37. The highest BCUT2D eigenvalue weighted by Gasteiger charge is 2.48. The van der Waals surface area contributed by atoms with Crippen LogP contribution in [0.1, 0.15) is 64.7 Å². The number of rotatable bonds is 3. The van der Waals surface area contributed by atoms with Crippen LogP contribution in [0.5, 0.6) is 0 Å². The van der Waals surface area contributed by atoms with Gasteiger partial charge in [0.2, 0.25) is 0 Å². The van der Waals surface area contributed by atoms with Gasteiger partial charge in [0.05, 0.1) is 18.2 Å². The number of ether oxygens (including phenoxy) is 1. The predicted octanol–water partition coefficient (Wildman–Crippen LogP) is 6.52. The minimum absolute atomic E-state index is 0.203. The van der Waals surface area contributed by atoms with E-state index in [0.717, 1.165) is 23.9 Å². The van der Waals surface area contributed by atoms with Crippen LogP contribution in [0.4, 0.5) is 5.69 Å². The molecule has 2 aromatic carbocycles. The molecule has 0 N–H and O–H groups in total. The molecule has 0 unspecified atom stereocenters. The van der Waals surface area contributed by atoms with E-state index in [1.807, 2.05) is 6.92 Å². The Hall–Kier alpha value is -2.33. The molecular formula is C27H26BrNO2. The molecule has 0 amide bonds. The molecule has 2 aliphatic carbocycles. The number of benzene rings is 2. The number of anilines is 1. The summed E-state index contributed by atoms with van der Waals surface area (Å²) in [6.45, 7) is 3.34. The number of esters is 1. The predicted molar refractivity (Wildman–Crippen MR) is 127 cm³/mol. The Bertz CT molecular complexity index is 1090. The van der Waals surface area contributed by atoms with Crippen LogP contribution in [0.3, 0.4) is 0 Å². The van der Waals surface area contributed by atoms with Crippen molar-refractivity contribution in [3.63, 3.8) is 0 Å². The first-order valence-electron chi connectivity index (χ1n) is 11.4. The first-order chi connectivity index (χ1) is 15.2. The lowest BCUT2D eigenvalue weighted by Crippen LogP contribution is -2.46. The van der Waals surface area contributed by atoms with Gasteiger partial charge < -0.3 is 9.64 Å². The van der Waals surface area contributed by atoms with Crippen molar-refractivity contribution in [3.8, 4) is 0 Å². The molecule has 4 aliphatic rings. The maximum atomic E-state index is 12.7. The van der Waals surface area contributed by atoms with Crippen molar-refractivity contribution in [2.45, 2.75) is 37.6 Å². The third kappa shape index (κ3) is 2.95. The third-order valence-corrected chi connectivity index (χ3v) is 8.10. The summed E-state index contributed by atoms with van der Waals surface area (Å²) >= 11 is 3.60. The summed E-state index contributed by atoms with van der Waals surface area (Å²) in [6.07, 6.45) is 11.6. The maximum absolute atomic E-state index is 12.7. The van der Waals surface area contributed by atoms with Crippen molar-refractivity contribution in [1.82, 2.24) is 0 Å². The molecule has 0 fully saturated rings. The molecule has 31 heavy (non-hydrogen) atoms. The van der Waals surface area contributed by atoms with Crippen LogP contribution in [0.25, 0.3) is 0 Å². The second-order valence-electron chi connectivity index (χ2n) is 9.18. The highest BCUT2D eigenvalue weighted by atomic mass is 79.9.